The number of rotatable bonds is 5. The molecule has 0 atom stereocenters. The average molecular weight is 430 g/mol. The van der Waals surface area contributed by atoms with Gasteiger partial charge in [0.15, 0.2) is 11.2 Å². The standard InChI is InChI=1S/C25H27N5O2/c1-3-18-10-12-20(13-11-18)28-15-7-16-29-21-22(26-24(28)29)27(2)25(32)30(23(21)31)17-14-19-8-5-4-6-9-19/h4-6,8-13H,3,7,14-17H2,1-2H3. The van der Waals surface area contributed by atoms with Crippen molar-refractivity contribution in [3.63, 3.8) is 0 Å². The Morgan fingerprint density at radius 3 is 2.41 bits per heavy atom. The van der Waals surface area contributed by atoms with Crippen molar-refractivity contribution >= 4 is 22.8 Å². The van der Waals surface area contributed by atoms with E-state index in [9.17, 15) is 9.59 Å². The molecule has 4 aromatic rings. The van der Waals surface area contributed by atoms with E-state index in [1.165, 1.54) is 14.7 Å². The molecular formula is C25H27N5O2. The minimum atomic E-state index is -0.326. The molecule has 164 valence electrons. The third-order valence-electron chi connectivity index (χ3n) is 6.34. The second-order valence-electron chi connectivity index (χ2n) is 8.29. The van der Waals surface area contributed by atoms with Gasteiger partial charge in [-0.1, -0.05) is 49.4 Å². The molecule has 7 heteroatoms. The molecule has 5 rings (SSSR count). The fourth-order valence-corrected chi connectivity index (χ4v) is 4.50. The van der Waals surface area contributed by atoms with Crippen LogP contribution in [0.3, 0.4) is 0 Å². The molecule has 0 amide bonds. The molecule has 0 N–H and O–H groups in total. The number of hydrogen-bond acceptors (Lipinski definition) is 4. The van der Waals surface area contributed by atoms with Crippen LogP contribution in [0.5, 0.6) is 0 Å². The van der Waals surface area contributed by atoms with Crippen LogP contribution < -0.4 is 16.1 Å². The highest BCUT2D eigenvalue weighted by Gasteiger charge is 2.26. The summed E-state index contributed by atoms with van der Waals surface area (Å²) in [5.41, 5.74) is 3.79. The molecule has 0 saturated carbocycles. The first kappa shape index (κ1) is 20.3. The van der Waals surface area contributed by atoms with Gasteiger partial charge in [-0.3, -0.25) is 13.9 Å². The number of anilines is 2. The number of imidazole rings is 1. The zero-order valence-corrected chi connectivity index (χ0v) is 18.5. The first-order chi connectivity index (χ1) is 15.6. The van der Waals surface area contributed by atoms with Crippen molar-refractivity contribution in [1.29, 1.82) is 0 Å². The monoisotopic (exact) mass is 429 g/mol. The maximum Gasteiger partial charge on any atom is 0.332 e. The molecule has 3 heterocycles. The summed E-state index contributed by atoms with van der Waals surface area (Å²) in [6, 6.07) is 18.4. The minimum Gasteiger partial charge on any atom is -0.312 e. The van der Waals surface area contributed by atoms with Crippen LogP contribution in [0, 0.1) is 0 Å². The van der Waals surface area contributed by atoms with Crippen molar-refractivity contribution in [2.24, 2.45) is 7.05 Å². The highest BCUT2D eigenvalue weighted by Crippen LogP contribution is 2.31. The molecule has 1 aliphatic rings. The third kappa shape index (κ3) is 3.34. The van der Waals surface area contributed by atoms with Crippen LogP contribution in [0.1, 0.15) is 24.5 Å². The van der Waals surface area contributed by atoms with Gasteiger partial charge in [-0.15, -0.1) is 0 Å². The van der Waals surface area contributed by atoms with E-state index in [2.05, 4.69) is 36.1 Å². The summed E-state index contributed by atoms with van der Waals surface area (Å²) >= 11 is 0. The number of aryl methyl sites for hydroxylation is 4. The Hall–Kier alpha value is -3.61. The number of fused-ring (bicyclic) bond motifs is 3. The Morgan fingerprint density at radius 2 is 1.69 bits per heavy atom. The van der Waals surface area contributed by atoms with Gasteiger partial charge in [0.05, 0.1) is 0 Å². The zero-order valence-electron chi connectivity index (χ0n) is 18.5. The summed E-state index contributed by atoms with van der Waals surface area (Å²) in [7, 11) is 1.70. The van der Waals surface area contributed by atoms with Crippen LogP contribution in [-0.4, -0.2) is 25.2 Å². The van der Waals surface area contributed by atoms with Crippen molar-refractivity contribution in [3.8, 4) is 0 Å². The fraction of sp³-hybridized carbons (Fsp3) is 0.320. The van der Waals surface area contributed by atoms with Crippen molar-refractivity contribution in [2.75, 3.05) is 11.4 Å². The van der Waals surface area contributed by atoms with E-state index in [1.807, 2.05) is 34.9 Å². The van der Waals surface area contributed by atoms with Crippen molar-refractivity contribution in [3.05, 3.63) is 86.6 Å². The van der Waals surface area contributed by atoms with E-state index < -0.39 is 0 Å². The van der Waals surface area contributed by atoms with E-state index in [1.54, 1.807) is 7.05 Å². The van der Waals surface area contributed by atoms with Crippen LogP contribution in [0.2, 0.25) is 0 Å². The lowest BCUT2D eigenvalue weighted by Gasteiger charge is -2.29. The van der Waals surface area contributed by atoms with Gasteiger partial charge in [-0.05, 0) is 42.5 Å². The summed E-state index contributed by atoms with van der Waals surface area (Å²) in [4.78, 5) is 33.4. The first-order valence-electron chi connectivity index (χ1n) is 11.2. The Morgan fingerprint density at radius 1 is 0.938 bits per heavy atom. The van der Waals surface area contributed by atoms with Crippen molar-refractivity contribution < 1.29 is 0 Å². The van der Waals surface area contributed by atoms with Gasteiger partial charge in [-0.25, -0.2) is 4.79 Å². The van der Waals surface area contributed by atoms with E-state index in [-0.39, 0.29) is 11.2 Å². The topological polar surface area (TPSA) is 65.1 Å². The highest BCUT2D eigenvalue weighted by atomic mass is 16.2. The summed E-state index contributed by atoms with van der Waals surface area (Å²) in [6.07, 6.45) is 2.52. The van der Waals surface area contributed by atoms with Crippen molar-refractivity contribution in [1.82, 2.24) is 18.7 Å². The van der Waals surface area contributed by atoms with Crippen LogP contribution in [-0.2, 0) is 33.0 Å². The molecule has 7 nitrogen and oxygen atoms in total. The van der Waals surface area contributed by atoms with Gasteiger partial charge in [0.25, 0.3) is 5.56 Å². The van der Waals surface area contributed by atoms with E-state index in [4.69, 9.17) is 4.98 Å². The van der Waals surface area contributed by atoms with Crippen molar-refractivity contribution in [2.45, 2.75) is 39.3 Å². The van der Waals surface area contributed by atoms with Crippen LogP contribution >= 0.6 is 0 Å². The Bertz CT molecular complexity index is 1380. The van der Waals surface area contributed by atoms with E-state index >= 15 is 0 Å². The predicted molar refractivity (Wildman–Crippen MR) is 127 cm³/mol. The second-order valence-corrected chi connectivity index (χ2v) is 8.29. The number of benzene rings is 2. The molecule has 0 aliphatic carbocycles. The lowest BCUT2D eigenvalue weighted by molar-refractivity contribution is 0.585. The first-order valence-corrected chi connectivity index (χ1v) is 11.2. The normalized spacial score (nSPS) is 13.5. The van der Waals surface area contributed by atoms with Gasteiger partial charge in [0, 0.05) is 32.4 Å². The predicted octanol–water partition coefficient (Wildman–Crippen LogP) is 3.24. The lowest BCUT2D eigenvalue weighted by Crippen LogP contribution is -2.40. The summed E-state index contributed by atoms with van der Waals surface area (Å²) in [5.74, 6) is 0.725. The molecular weight excluding hydrogens is 402 g/mol. The Kier molecular flexibility index (Phi) is 5.17. The van der Waals surface area contributed by atoms with Crippen LogP contribution in [0.25, 0.3) is 11.2 Å². The number of aromatic nitrogens is 4. The van der Waals surface area contributed by atoms with Gasteiger partial charge in [0.1, 0.15) is 0 Å². The zero-order chi connectivity index (χ0) is 22.2. The number of nitrogens with zero attached hydrogens (tertiary/aromatic N) is 5. The maximum atomic E-state index is 13.5. The molecule has 1 aliphatic heterocycles. The molecule has 0 fully saturated rings. The van der Waals surface area contributed by atoms with Gasteiger partial charge < -0.3 is 9.47 Å². The molecule has 2 aromatic carbocycles. The summed E-state index contributed by atoms with van der Waals surface area (Å²) < 4.78 is 4.83. The van der Waals surface area contributed by atoms with E-state index in [0.29, 0.717) is 30.7 Å². The Balaban J connectivity index is 1.60. The SMILES string of the molecule is CCc1ccc(N2CCCn3c2nc2c3c(=O)n(CCc3ccccc3)c(=O)n2C)cc1. The Labute approximate surface area is 186 Å². The second kappa shape index (κ2) is 8.15. The molecule has 0 radical (unpaired) electrons. The molecule has 0 unspecified atom stereocenters. The summed E-state index contributed by atoms with van der Waals surface area (Å²) in [5, 5.41) is 0. The molecule has 0 saturated heterocycles. The quantitative estimate of drug-likeness (QED) is 0.489. The van der Waals surface area contributed by atoms with Gasteiger partial charge in [-0.2, -0.15) is 4.98 Å². The van der Waals surface area contributed by atoms with Crippen LogP contribution in [0.15, 0.2) is 64.2 Å². The summed E-state index contributed by atoms with van der Waals surface area (Å²) in [6.45, 7) is 4.01. The third-order valence-corrected chi connectivity index (χ3v) is 6.34. The lowest BCUT2D eigenvalue weighted by atomic mass is 10.1. The van der Waals surface area contributed by atoms with Crippen LogP contribution in [0.4, 0.5) is 11.6 Å². The van der Waals surface area contributed by atoms with E-state index in [0.717, 1.165) is 36.6 Å². The van der Waals surface area contributed by atoms with Gasteiger partial charge in [0.2, 0.25) is 5.95 Å². The van der Waals surface area contributed by atoms with Gasteiger partial charge >= 0.3 is 5.69 Å². The maximum absolute atomic E-state index is 13.5. The number of hydrogen-bond donors (Lipinski definition) is 0. The molecule has 32 heavy (non-hydrogen) atoms. The molecule has 2 aromatic heterocycles. The smallest absolute Gasteiger partial charge is 0.312 e. The molecule has 0 bridgehead atoms. The highest BCUT2D eigenvalue weighted by molar-refractivity contribution is 5.77. The minimum absolute atomic E-state index is 0.263. The average Bonchev–Trinajstić information content (AvgIpc) is 3.23. The largest absolute Gasteiger partial charge is 0.332 e. The molecule has 0 spiro atoms. The fourth-order valence-electron chi connectivity index (χ4n) is 4.50.